The molecule has 2 aromatic heterocycles. The fraction of sp³-hybridized carbons (Fsp3) is 0.286. The second-order valence-electron chi connectivity index (χ2n) is 10.2. The van der Waals surface area contributed by atoms with Crippen molar-refractivity contribution >= 4 is 51.4 Å². The van der Waals surface area contributed by atoms with Crippen LogP contribution in [0, 0.1) is 0 Å². The molecule has 0 atom stereocenters. The van der Waals surface area contributed by atoms with Crippen LogP contribution in [0.15, 0.2) is 71.2 Å². The third kappa shape index (κ3) is 5.90. The maximum atomic E-state index is 13.5. The fourth-order valence-electron chi connectivity index (χ4n) is 5.11. The lowest BCUT2D eigenvalue weighted by molar-refractivity contribution is -0.138. The average molecular weight is 601 g/mol. The van der Waals surface area contributed by atoms with Crippen LogP contribution in [-0.4, -0.2) is 59.1 Å². The Balaban J connectivity index is 1.14. The lowest BCUT2D eigenvalue weighted by Crippen LogP contribution is -2.47. The molecule has 41 heavy (non-hydrogen) atoms. The van der Waals surface area contributed by atoms with Gasteiger partial charge in [0.2, 0.25) is 0 Å². The molecule has 2 aromatic carbocycles. The minimum Gasteiger partial charge on any atom is -0.388 e. The van der Waals surface area contributed by atoms with Gasteiger partial charge in [-0.3, -0.25) is 9.48 Å². The summed E-state index contributed by atoms with van der Waals surface area (Å²) >= 11 is 7.10. The van der Waals surface area contributed by atoms with Crippen LogP contribution in [0.5, 0.6) is 0 Å². The minimum absolute atomic E-state index is 0.0166. The van der Waals surface area contributed by atoms with Gasteiger partial charge in [-0.05, 0) is 66.1 Å². The third-order valence-corrected chi connectivity index (χ3v) is 8.55. The lowest BCUT2D eigenvalue weighted by Gasteiger charge is -2.38. The maximum absolute atomic E-state index is 13.5. The summed E-state index contributed by atoms with van der Waals surface area (Å²) < 4.78 is 44.0. The highest BCUT2D eigenvalue weighted by Gasteiger charge is 2.36. The number of aliphatic hydroxyl groups is 1. The van der Waals surface area contributed by atoms with E-state index in [1.54, 1.807) is 36.9 Å². The van der Waals surface area contributed by atoms with Crippen LogP contribution in [0.3, 0.4) is 0 Å². The van der Waals surface area contributed by atoms with Crippen molar-refractivity contribution in [2.24, 2.45) is 4.99 Å². The summed E-state index contributed by atoms with van der Waals surface area (Å²) in [7, 11) is 0. The van der Waals surface area contributed by atoms with Crippen LogP contribution in [-0.2, 0) is 24.1 Å². The summed E-state index contributed by atoms with van der Waals surface area (Å²) in [4.78, 5) is 23.5. The van der Waals surface area contributed by atoms with Gasteiger partial charge in [-0.15, -0.1) is 0 Å². The Morgan fingerprint density at radius 1 is 1.15 bits per heavy atom. The summed E-state index contributed by atoms with van der Waals surface area (Å²) in [6, 6.07) is 9.12. The number of hydrogen-bond donors (Lipinski definition) is 1. The molecule has 13 heteroatoms. The molecule has 1 amide bonds. The van der Waals surface area contributed by atoms with E-state index in [0.717, 1.165) is 17.0 Å². The van der Waals surface area contributed by atoms with Crippen LogP contribution in [0.1, 0.15) is 29.5 Å². The number of thioether (sulfide) groups is 1. The van der Waals surface area contributed by atoms with Gasteiger partial charge < -0.3 is 14.6 Å². The number of hydrogen-bond acceptors (Lipinski definition) is 6. The molecule has 2 aliphatic heterocycles. The molecule has 0 spiro atoms. The molecule has 8 nitrogen and oxygen atoms in total. The Kier molecular flexibility index (Phi) is 7.16. The fourth-order valence-corrected chi connectivity index (χ4v) is 6.25. The topological polar surface area (TPSA) is 88.5 Å². The molecule has 2 aliphatic rings. The largest absolute Gasteiger partial charge is 0.416 e. The molecule has 4 heterocycles. The zero-order valence-corrected chi connectivity index (χ0v) is 23.1. The molecule has 0 bridgehead atoms. The number of aliphatic imine (C=N–C) groups is 1. The van der Waals surface area contributed by atoms with Crippen molar-refractivity contribution in [3.05, 3.63) is 87.9 Å². The zero-order chi connectivity index (χ0) is 28.8. The van der Waals surface area contributed by atoms with E-state index in [1.165, 1.54) is 28.6 Å². The first-order valence-electron chi connectivity index (χ1n) is 12.8. The number of imidazole rings is 1. The second-order valence-corrected chi connectivity index (χ2v) is 11.6. The van der Waals surface area contributed by atoms with Gasteiger partial charge in [-0.2, -0.15) is 23.3 Å². The monoisotopic (exact) mass is 600 g/mol. The van der Waals surface area contributed by atoms with Crippen LogP contribution < -0.4 is 0 Å². The molecule has 1 N–H and O–H groups in total. The van der Waals surface area contributed by atoms with Crippen molar-refractivity contribution in [3.63, 3.8) is 0 Å². The van der Waals surface area contributed by atoms with Crippen molar-refractivity contribution in [2.75, 3.05) is 13.1 Å². The van der Waals surface area contributed by atoms with Crippen molar-refractivity contribution < 1.29 is 23.1 Å². The molecule has 0 radical (unpaired) electrons. The van der Waals surface area contributed by atoms with Gasteiger partial charge in [-0.25, -0.2) is 4.98 Å². The average Bonchev–Trinajstić information content (AvgIpc) is 3.66. The predicted octanol–water partition coefficient (Wildman–Crippen LogP) is 5.45. The van der Waals surface area contributed by atoms with E-state index >= 15 is 0 Å². The zero-order valence-electron chi connectivity index (χ0n) is 21.6. The highest BCUT2D eigenvalue weighted by molar-refractivity contribution is 8.18. The van der Waals surface area contributed by atoms with Gasteiger partial charge in [0.25, 0.3) is 5.91 Å². The number of piperidine rings is 1. The molecule has 0 saturated carbocycles. The van der Waals surface area contributed by atoms with E-state index in [2.05, 4.69) is 15.1 Å². The summed E-state index contributed by atoms with van der Waals surface area (Å²) in [5.41, 5.74) is -0.159. The number of aromatic nitrogens is 4. The van der Waals surface area contributed by atoms with E-state index in [1.807, 2.05) is 21.7 Å². The number of halogens is 4. The Morgan fingerprint density at radius 2 is 1.95 bits per heavy atom. The van der Waals surface area contributed by atoms with E-state index in [-0.39, 0.29) is 23.0 Å². The standard InChI is InChI=1S/C28H24ClF3N6O2S/c29-21-3-2-19(22(13-21)28(30,31)32)15-38-23-4-1-18(11-20(23)14-34-38)12-24-25(39)35-26(41-24)37-8-5-27(40,6-9-37)16-36-10-7-33-17-36/h1-4,7,10-14,17,40H,5-6,8-9,15-16H2/b24-12-. The normalized spacial score (nSPS) is 18.5. The molecule has 4 aromatic rings. The molecule has 6 rings (SSSR count). The minimum atomic E-state index is -4.54. The smallest absolute Gasteiger partial charge is 0.388 e. The van der Waals surface area contributed by atoms with Crippen molar-refractivity contribution in [2.45, 2.75) is 37.7 Å². The van der Waals surface area contributed by atoms with Gasteiger partial charge >= 0.3 is 6.18 Å². The van der Waals surface area contributed by atoms with Crippen LogP contribution in [0.25, 0.3) is 17.0 Å². The molecule has 0 unspecified atom stereocenters. The number of amides is 1. The van der Waals surface area contributed by atoms with Crippen molar-refractivity contribution in [3.8, 4) is 0 Å². The van der Waals surface area contributed by atoms with Crippen LogP contribution >= 0.6 is 23.4 Å². The number of fused-ring (bicyclic) bond motifs is 1. The summed E-state index contributed by atoms with van der Waals surface area (Å²) in [5.74, 6) is -0.331. The lowest BCUT2D eigenvalue weighted by atomic mass is 9.91. The van der Waals surface area contributed by atoms with Gasteiger partial charge in [0.05, 0.1) is 47.2 Å². The Morgan fingerprint density at radius 3 is 2.68 bits per heavy atom. The number of amidine groups is 1. The Labute approximate surface area is 242 Å². The summed E-state index contributed by atoms with van der Waals surface area (Å²) in [6.07, 6.45) is 5.07. The molecule has 1 fully saturated rings. The summed E-state index contributed by atoms with van der Waals surface area (Å²) in [5, 5.41) is 16.6. The molecule has 212 valence electrons. The quantitative estimate of drug-likeness (QED) is 0.307. The number of rotatable bonds is 5. The molecular weight excluding hydrogens is 577 g/mol. The van der Waals surface area contributed by atoms with Gasteiger partial charge in [0.1, 0.15) is 0 Å². The third-order valence-electron chi connectivity index (χ3n) is 7.27. The number of alkyl halides is 3. The second kappa shape index (κ2) is 10.7. The van der Waals surface area contributed by atoms with E-state index in [4.69, 9.17) is 11.6 Å². The van der Waals surface area contributed by atoms with Gasteiger partial charge in [0.15, 0.2) is 5.17 Å². The van der Waals surface area contributed by atoms with E-state index in [9.17, 15) is 23.1 Å². The van der Waals surface area contributed by atoms with E-state index < -0.39 is 17.3 Å². The summed E-state index contributed by atoms with van der Waals surface area (Å²) in [6.45, 7) is 1.54. The molecular formula is C28H24ClF3N6O2S. The van der Waals surface area contributed by atoms with Gasteiger partial charge in [-0.1, -0.05) is 23.7 Å². The maximum Gasteiger partial charge on any atom is 0.416 e. The predicted molar refractivity (Wildman–Crippen MR) is 151 cm³/mol. The highest BCUT2D eigenvalue weighted by Crippen LogP contribution is 2.36. The molecule has 1 saturated heterocycles. The number of benzene rings is 2. The first kappa shape index (κ1) is 27.6. The highest BCUT2D eigenvalue weighted by atomic mass is 35.5. The van der Waals surface area contributed by atoms with E-state index in [0.29, 0.717) is 48.1 Å². The first-order valence-corrected chi connectivity index (χ1v) is 14.0. The number of nitrogens with zero attached hydrogens (tertiary/aromatic N) is 6. The number of carbonyl (C=O) groups is 1. The Hall–Kier alpha value is -3.61. The number of likely N-dealkylation sites (tertiary alicyclic amines) is 1. The van der Waals surface area contributed by atoms with Crippen LogP contribution in [0.4, 0.5) is 13.2 Å². The SMILES string of the molecule is O=C1N=C(N2CCC(O)(Cn3ccnc3)CC2)S/C1=C\c1ccc2c(cnn2Cc2ccc(Cl)cc2C(F)(F)F)c1. The van der Waals surface area contributed by atoms with Gasteiger partial charge in [0, 0.05) is 35.9 Å². The van der Waals surface area contributed by atoms with Crippen molar-refractivity contribution in [1.29, 1.82) is 0 Å². The van der Waals surface area contributed by atoms with Crippen molar-refractivity contribution in [1.82, 2.24) is 24.2 Å². The first-order chi connectivity index (χ1) is 19.6. The molecule has 0 aliphatic carbocycles. The Bertz CT molecular complexity index is 1670. The number of carbonyl (C=O) groups excluding carboxylic acids is 1. The van der Waals surface area contributed by atoms with Crippen LogP contribution in [0.2, 0.25) is 5.02 Å².